The van der Waals surface area contributed by atoms with Crippen LogP contribution < -0.4 is 11.5 Å². The van der Waals surface area contributed by atoms with E-state index < -0.39 is 44.4 Å². The Hall–Kier alpha value is -1.98. The SMILES string of the molecule is NC(N)=NS(=O)(=O)c1cc(C(F)(F)F)cc(C(F)(F)F)c1. The van der Waals surface area contributed by atoms with E-state index >= 15 is 0 Å². The Labute approximate surface area is 114 Å². The lowest BCUT2D eigenvalue weighted by atomic mass is 10.1. The normalized spacial score (nSPS) is 13.0. The van der Waals surface area contributed by atoms with Gasteiger partial charge in [-0.15, -0.1) is 4.40 Å². The molecule has 0 heterocycles. The molecule has 0 unspecified atom stereocenters. The van der Waals surface area contributed by atoms with Gasteiger partial charge < -0.3 is 11.5 Å². The van der Waals surface area contributed by atoms with Gasteiger partial charge in [-0.25, -0.2) is 0 Å². The fourth-order valence-electron chi connectivity index (χ4n) is 1.27. The molecule has 12 heteroatoms. The third-order valence-corrected chi connectivity index (χ3v) is 3.37. The first-order valence-corrected chi connectivity index (χ1v) is 6.33. The molecule has 0 saturated heterocycles. The Kier molecular flexibility index (Phi) is 4.14. The molecule has 0 spiro atoms. The van der Waals surface area contributed by atoms with Gasteiger partial charge in [-0.2, -0.15) is 34.8 Å². The first kappa shape index (κ1) is 17.1. The Morgan fingerprint density at radius 2 is 1.29 bits per heavy atom. The van der Waals surface area contributed by atoms with Crippen LogP contribution in [0.5, 0.6) is 0 Å². The number of hydrogen-bond donors (Lipinski definition) is 2. The summed E-state index contributed by atoms with van der Waals surface area (Å²) in [6.07, 6.45) is -10.4. The molecule has 0 fully saturated rings. The zero-order valence-electron chi connectivity index (χ0n) is 9.83. The topological polar surface area (TPSA) is 98.5 Å². The summed E-state index contributed by atoms with van der Waals surface area (Å²) in [4.78, 5) is -1.32. The number of sulfonamides is 1. The molecule has 0 radical (unpaired) electrons. The molecule has 0 saturated carbocycles. The number of alkyl halides is 6. The second-order valence-corrected chi connectivity index (χ2v) is 5.34. The number of benzene rings is 1. The third kappa shape index (κ3) is 4.24. The van der Waals surface area contributed by atoms with E-state index in [1.807, 2.05) is 0 Å². The predicted molar refractivity (Wildman–Crippen MR) is 59.4 cm³/mol. The van der Waals surface area contributed by atoms with Crippen molar-refractivity contribution in [2.45, 2.75) is 17.2 Å². The molecule has 0 bridgehead atoms. The Morgan fingerprint density at radius 1 is 0.905 bits per heavy atom. The van der Waals surface area contributed by atoms with Crippen LogP contribution in [0.1, 0.15) is 11.1 Å². The fourth-order valence-corrected chi connectivity index (χ4v) is 2.20. The van der Waals surface area contributed by atoms with E-state index in [4.69, 9.17) is 11.5 Å². The van der Waals surface area contributed by atoms with E-state index in [1.165, 1.54) is 0 Å². The van der Waals surface area contributed by atoms with E-state index in [-0.39, 0.29) is 18.2 Å². The molecular weight excluding hydrogens is 328 g/mol. The quantitative estimate of drug-likeness (QED) is 0.488. The number of nitrogens with two attached hydrogens (primary N) is 2. The van der Waals surface area contributed by atoms with Crippen LogP contribution in [0.15, 0.2) is 27.5 Å². The van der Waals surface area contributed by atoms with Gasteiger partial charge >= 0.3 is 12.4 Å². The molecule has 118 valence electrons. The van der Waals surface area contributed by atoms with Gasteiger partial charge in [-0.05, 0) is 18.2 Å². The average molecular weight is 335 g/mol. The van der Waals surface area contributed by atoms with Crippen molar-refractivity contribution in [2.24, 2.45) is 15.9 Å². The molecule has 0 aliphatic carbocycles. The number of guanidine groups is 1. The maximum atomic E-state index is 12.5. The molecule has 0 aliphatic heterocycles. The summed E-state index contributed by atoms with van der Waals surface area (Å²) < 4.78 is 101. The molecule has 1 aromatic rings. The molecule has 0 aliphatic rings. The monoisotopic (exact) mass is 335 g/mol. The number of rotatable bonds is 2. The zero-order chi connectivity index (χ0) is 16.6. The van der Waals surface area contributed by atoms with Crippen LogP contribution in [-0.2, 0) is 22.4 Å². The van der Waals surface area contributed by atoms with Crippen LogP contribution in [-0.4, -0.2) is 14.4 Å². The molecule has 1 rings (SSSR count). The minimum Gasteiger partial charge on any atom is -0.369 e. The summed E-state index contributed by atoms with van der Waals surface area (Å²) in [5.74, 6) is -1.03. The molecule has 4 N–H and O–H groups in total. The van der Waals surface area contributed by atoms with Crippen LogP contribution in [0.4, 0.5) is 26.3 Å². The van der Waals surface area contributed by atoms with Crippen LogP contribution in [0.2, 0.25) is 0 Å². The van der Waals surface area contributed by atoms with Gasteiger partial charge in [0.15, 0.2) is 0 Å². The van der Waals surface area contributed by atoms with E-state index in [1.54, 1.807) is 0 Å². The maximum absolute atomic E-state index is 12.5. The fraction of sp³-hybridized carbons (Fsp3) is 0.222. The molecule has 0 amide bonds. The Bertz CT molecular complexity index is 641. The lowest BCUT2D eigenvalue weighted by molar-refractivity contribution is -0.143. The number of nitrogens with zero attached hydrogens (tertiary/aromatic N) is 1. The van der Waals surface area contributed by atoms with Gasteiger partial charge in [0, 0.05) is 0 Å². The van der Waals surface area contributed by atoms with Crippen molar-refractivity contribution in [3.8, 4) is 0 Å². The molecule has 0 aromatic heterocycles. The summed E-state index contributed by atoms with van der Waals surface area (Å²) in [5.41, 5.74) is 5.96. The van der Waals surface area contributed by atoms with Crippen LogP contribution >= 0.6 is 0 Å². The summed E-state index contributed by atoms with van der Waals surface area (Å²) >= 11 is 0. The van der Waals surface area contributed by atoms with Gasteiger partial charge in [0.05, 0.1) is 16.0 Å². The molecule has 5 nitrogen and oxygen atoms in total. The summed E-state index contributed by atoms with van der Waals surface area (Å²) in [5, 5.41) is 0. The van der Waals surface area contributed by atoms with Gasteiger partial charge in [-0.1, -0.05) is 0 Å². The Balaban J connectivity index is 3.65. The van der Waals surface area contributed by atoms with Crippen molar-refractivity contribution in [3.63, 3.8) is 0 Å². The lowest BCUT2D eigenvalue weighted by Gasteiger charge is -2.13. The highest BCUT2D eigenvalue weighted by Gasteiger charge is 2.38. The smallest absolute Gasteiger partial charge is 0.369 e. The second kappa shape index (κ2) is 5.09. The van der Waals surface area contributed by atoms with Crippen molar-refractivity contribution < 1.29 is 34.8 Å². The van der Waals surface area contributed by atoms with Crippen molar-refractivity contribution in [1.82, 2.24) is 0 Å². The van der Waals surface area contributed by atoms with Crippen molar-refractivity contribution in [3.05, 3.63) is 29.3 Å². The Morgan fingerprint density at radius 3 is 1.57 bits per heavy atom. The summed E-state index contributed by atoms with van der Waals surface area (Å²) in [7, 11) is -4.89. The molecule has 1 aromatic carbocycles. The van der Waals surface area contributed by atoms with Crippen LogP contribution in [0, 0.1) is 0 Å². The van der Waals surface area contributed by atoms with Crippen molar-refractivity contribution in [1.29, 1.82) is 0 Å². The highest BCUT2D eigenvalue weighted by molar-refractivity contribution is 7.90. The minimum atomic E-state index is -5.18. The van der Waals surface area contributed by atoms with Crippen LogP contribution in [0.25, 0.3) is 0 Å². The zero-order valence-corrected chi connectivity index (χ0v) is 10.6. The number of halogens is 6. The number of hydrogen-bond acceptors (Lipinski definition) is 2. The minimum absolute atomic E-state index is 0.0109. The van der Waals surface area contributed by atoms with Crippen LogP contribution in [0.3, 0.4) is 0 Å². The highest BCUT2D eigenvalue weighted by atomic mass is 32.2. The average Bonchev–Trinajstić information content (AvgIpc) is 2.24. The van der Waals surface area contributed by atoms with Gasteiger partial charge in [0.1, 0.15) is 0 Å². The van der Waals surface area contributed by atoms with E-state index in [9.17, 15) is 34.8 Å². The molecular formula is C9H7F6N3O2S. The lowest BCUT2D eigenvalue weighted by Crippen LogP contribution is -2.24. The van der Waals surface area contributed by atoms with E-state index in [0.29, 0.717) is 0 Å². The second-order valence-electron chi connectivity index (χ2n) is 3.73. The van der Waals surface area contributed by atoms with E-state index in [0.717, 1.165) is 0 Å². The molecule has 21 heavy (non-hydrogen) atoms. The summed E-state index contributed by atoms with van der Waals surface area (Å²) in [6, 6.07) is -0.192. The summed E-state index contributed by atoms with van der Waals surface area (Å²) in [6.45, 7) is 0. The van der Waals surface area contributed by atoms with Crippen molar-refractivity contribution >= 4 is 16.0 Å². The van der Waals surface area contributed by atoms with Gasteiger partial charge in [0.2, 0.25) is 5.96 Å². The highest BCUT2D eigenvalue weighted by Crippen LogP contribution is 2.37. The van der Waals surface area contributed by atoms with Gasteiger partial charge in [0.25, 0.3) is 10.0 Å². The molecule has 0 atom stereocenters. The van der Waals surface area contributed by atoms with E-state index in [2.05, 4.69) is 4.40 Å². The van der Waals surface area contributed by atoms with Gasteiger partial charge in [-0.3, -0.25) is 0 Å². The maximum Gasteiger partial charge on any atom is 0.416 e. The predicted octanol–water partition coefficient (Wildman–Crippen LogP) is 1.69. The first-order valence-electron chi connectivity index (χ1n) is 4.89. The largest absolute Gasteiger partial charge is 0.416 e. The first-order chi connectivity index (χ1) is 9.23. The van der Waals surface area contributed by atoms with Crippen molar-refractivity contribution in [2.75, 3.05) is 0 Å². The standard InChI is InChI=1S/C9H7F6N3O2S/c10-8(11,12)4-1-5(9(13,14)15)3-6(2-4)21(19,20)18-7(16)17/h1-3H,(H4,16,17,18). The third-order valence-electron chi connectivity index (χ3n) is 2.08.